The number of hydrogen-bond donors (Lipinski definition) is 0. The second-order valence-corrected chi connectivity index (χ2v) is 15.4. The van der Waals surface area contributed by atoms with Gasteiger partial charge < -0.3 is 0 Å². The van der Waals surface area contributed by atoms with Crippen LogP contribution in [0.5, 0.6) is 0 Å². The minimum absolute atomic E-state index is 0.195. The van der Waals surface area contributed by atoms with Crippen molar-refractivity contribution in [1.82, 2.24) is 0 Å². The van der Waals surface area contributed by atoms with E-state index in [2.05, 4.69) is 40.7 Å². The van der Waals surface area contributed by atoms with Crippen LogP contribution in [0.1, 0.15) is 131 Å². The average molecular weight is 521 g/mol. The predicted octanol–water partition coefficient (Wildman–Crippen LogP) is 10.2. The summed E-state index contributed by atoms with van der Waals surface area (Å²) in [6.45, 7) is 11.7. The molecule has 0 heterocycles. The molecule has 0 aliphatic heterocycles. The highest BCUT2D eigenvalue weighted by Gasteiger charge is 2.58. The van der Waals surface area contributed by atoms with E-state index in [1.807, 2.05) is 0 Å². The van der Waals surface area contributed by atoms with Gasteiger partial charge in [-0.05, 0) is 98.2 Å². The summed E-state index contributed by atoms with van der Waals surface area (Å²) >= 11 is 7.95. The minimum Gasteiger partial charge on any atom is -0.286 e. The number of fused-ring (bicyclic) bond motifs is 5. The molecule has 35 heavy (non-hydrogen) atoms. The molecule has 0 aromatic carbocycles. The maximum absolute atomic E-state index is 12.7. The van der Waals surface area contributed by atoms with Gasteiger partial charge in [0.15, 0.2) is 0 Å². The number of unbranched alkanes of at least 4 members (excludes halogenated alkanes) is 5. The lowest BCUT2D eigenvalue weighted by atomic mass is 9.47. The van der Waals surface area contributed by atoms with Gasteiger partial charge in [0.25, 0.3) is 0 Å². The molecule has 0 saturated heterocycles. The molecule has 8 atom stereocenters. The lowest BCUT2D eigenvalue weighted by molar-refractivity contribution is -0.111. The third-order valence-electron chi connectivity index (χ3n) is 11.3. The molecular weight excluding hydrogens is 468 g/mol. The number of rotatable bonds is 10. The molecule has 0 radical (unpaired) electrons. The van der Waals surface area contributed by atoms with E-state index in [1.54, 1.807) is 17.3 Å². The zero-order valence-corrected chi connectivity index (χ0v) is 25.0. The minimum atomic E-state index is -0.347. The van der Waals surface area contributed by atoms with Gasteiger partial charge in [-0.1, -0.05) is 96.6 Å². The van der Waals surface area contributed by atoms with E-state index in [9.17, 15) is 4.79 Å². The summed E-state index contributed by atoms with van der Waals surface area (Å²) in [5, 5.41) is 0.279. The fourth-order valence-electron chi connectivity index (χ4n) is 8.98. The molecule has 0 unspecified atom stereocenters. The highest BCUT2D eigenvalue weighted by Crippen LogP contribution is 2.67. The van der Waals surface area contributed by atoms with Crippen LogP contribution in [0.25, 0.3) is 0 Å². The highest BCUT2D eigenvalue weighted by molar-refractivity contribution is 8.14. The van der Waals surface area contributed by atoms with E-state index in [1.165, 1.54) is 89.9 Å². The van der Waals surface area contributed by atoms with Crippen LogP contribution in [-0.4, -0.2) is 15.7 Å². The van der Waals surface area contributed by atoms with Crippen molar-refractivity contribution in [2.75, 3.05) is 0 Å². The smallest absolute Gasteiger partial charge is 0.207 e. The Morgan fingerprint density at radius 2 is 1.77 bits per heavy atom. The Hall–Kier alpha value is 0.0500. The highest BCUT2D eigenvalue weighted by atomic mass is 35.5. The molecule has 0 aromatic rings. The van der Waals surface area contributed by atoms with Crippen LogP contribution in [0.15, 0.2) is 11.6 Å². The molecule has 3 saturated carbocycles. The molecule has 4 rings (SSSR count). The SMILES string of the molecule is CCCCCCCC[C@@H]1CC[C@@H]2[C@@H]3CC=C4C[C@@H](SC(=O)[C@H](Cl)C(C)C)CC[C@]4(C)[C@H]3CC[C@]12C. The van der Waals surface area contributed by atoms with Crippen molar-refractivity contribution in [2.45, 2.75) is 142 Å². The second-order valence-electron chi connectivity index (χ2n) is 13.6. The number of halogens is 1. The summed E-state index contributed by atoms with van der Waals surface area (Å²) in [4.78, 5) is 12.7. The Bertz CT molecular complexity index is 761. The molecule has 3 fully saturated rings. The average Bonchev–Trinajstić information content (AvgIpc) is 3.17. The van der Waals surface area contributed by atoms with Gasteiger partial charge in [-0.15, -0.1) is 11.6 Å². The normalized spacial score (nSPS) is 39.5. The van der Waals surface area contributed by atoms with Gasteiger partial charge in [0.2, 0.25) is 5.12 Å². The van der Waals surface area contributed by atoms with Crippen LogP contribution in [0.3, 0.4) is 0 Å². The first kappa shape index (κ1) is 28.1. The zero-order valence-electron chi connectivity index (χ0n) is 23.4. The Kier molecular flexibility index (Phi) is 9.49. The topological polar surface area (TPSA) is 17.1 Å². The summed E-state index contributed by atoms with van der Waals surface area (Å²) in [6, 6.07) is 0. The second kappa shape index (κ2) is 11.8. The third kappa shape index (κ3) is 5.74. The molecule has 1 nitrogen and oxygen atoms in total. The Morgan fingerprint density at radius 3 is 2.51 bits per heavy atom. The molecule has 0 aromatic heterocycles. The summed E-state index contributed by atoms with van der Waals surface area (Å²) in [7, 11) is 0. The van der Waals surface area contributed by atoms with Gasteiger partial charge in [-0.2, -0.15) is 0 Å². The maximum Gasteiger partial charge on any atom is 0.207 e. The van der Waals surface area contributed by atoms with Crippen LogP contribution < -0.4 is 0 Å². The van der Waals surface area contributed by atoms with E-state index in [4.69, 9.17) is 11.6 Å². The van der Waals surface area contributed by atoms with Gasteiger partial charge in [-0.25, -0.2) is 0 Å². The van der Waals surface area contributed by atoms with Gasteiger partial charge in [-0.3, -0.25) is 4.79 Å². The Balaban J connectivity index is 1.36. The molecule has 4 aliphatic carbocycles. The van der Waals surface area contributed by atoms with Gasteiger partial charge in [0.1, 0.15) is 5.38 Å². The van der Waals surface area contributed by atoms with Crippen molar-refractivity contribution in [1.29, 1.82) is 0 Å². The van der Waals surface area contributed by atoms with Crippen molar-refractivity contribution in [3.63, 3.8) is 0 Å². The van der Waals surface area contributed by atoms with Crippen LogP contribution in [0, 0.1) is 40.4 Å². The lowest BCUT2D eigenvalue weighted by Crippen LogP contribution is -2.50. The van der Waals surface area contributed by atoms with Gasteiger partial charge in [0.05, 0.1) is 0 Å². The molecule has 4 aliphatic rings. The quantitative estimate of drug-likeness (QED) is 0.162. The van der Waals surface area contributed by atoms with E-state index < -0.39 is 0 Å². The molecule has 3 heteroatoms. The van der Waals surface area contributed by atoms with Crippen molar-refractivity contribution in [2.24, 2.45) is 40.4 Å². The monoisotopic (exact) mass is 520 g/mol. The molecule has 0 bridgehead atoms. The predicted molar refractivity (Wildman–Crippen MR) is 154 cm³/mol. The Morgan fingerprint density at radius 1 is 1.03 bits per heavy atom. The molecular formula is C32H53ClOS. The van der Waals surface area contributed by atoms with Crippen molar-refractivity contribution in [3.8, 4) is 0 Å². The van der Waals surface area contributed by atoms with E-state index in [0.717, 1.165) is 30.1 Å². The largest absolute Gasteiger partial charge is 0.286 e. The van der Waals surface area contributed by atoms with Crippen LogP contribution in [-0.2, 0) is 4.79 Å². The van der Waals surface area contributed by atoms with E-state index in [0.29, 0.717) is 16.1 Å². The number of carbonyl (C=O) groups is 1. The van der Waals surface area contributed by atoms with E-state index >= 15 is 0 Å². The fraction of sp³-hybridized carbons (Fsp3) is 0.906. The number of carbonyl (C=O) groups excluding carboxylic acids is 1. The molecule has 0 N–H and O–H groups in total. The maximum atomic E-state index is 12.7. The summed E-state index contributed by atoms with van der Waals surface area (Å²) in [5.41, 5.74) is 2.66. The van der Waals surface area contributed by atoms with Gasteiger partial charge >= 0.3 is 0 Å². The fourth-order valence-corrected chi connectivity index (χ4v) is 10.4. The number of thioether (sulfide) groups is 1. The van der Waals surface area contributed by atoms with Crippen LogP contribution in [0.2, 0.25) is 0 Å². The first-order valence-corrected chi connectivity index (χ1v) is 16.6. The standard InChI is InChI=1S/C32H53ClOS/c1-6-7-8-9-10-11-12-23-14-16-27-26-15-13-24-21-25(35-30(34)29(33)22(2)3)17-19-32(24,5)28(26)18-20-31(23,27)4/h13,22-23,25-29H,6-12,14-21H2,1-5H3/t23-,25+,26+,27-,28+,29-,31-,32+/m1/s1. The summed E-state index contributed by atoms with van der Waals surface area (Å²) in [6.07, 6.45) is 23.4. The summed E-state index contributed by atoms with van der Waals surface area (Å²) < 4.78 is 0. The summed E-state index contributed by atoms with van der Waals surface area (Å²) in [5.74, 6) is 3.90. The zero-order chi connectivity index (χ0) is 25.2. The number of allylic oxidation sites excluding steroid dienone is 2. The number of hydrogen-bond acceptors (Lipinski definition) is 2. The molecule has 200 valence electrons. The van der Waals surface area contributed by atoms with Crippen LogP contribution >= 0.6 is 23.4 Å². The first-order chi connectivity index (χ1) is 16.7. The van der Waals surface area contributed by atoms with Gasteiger partial charge in [0, 0.05) is 5.25 Å². The lowest BCUT2D eigenvalue weighted by Gasteiger charge is -2.58. The van der Waals surface area contributed by atoms with Crippen molar-refractivity contribution in [3.05, 3.63) is 11.6 Å². The Labute approximate surface area is 226 Å². The molecule has 0 amide bonds. The van der Waals surface area contributed by atoms with Crippen molar-refractivity contribution < 1.29 is 4.79 Å². The molecule has 0 spiro atoms. The first-order valence-electron chi connectivity index (χ1n) is 15.2. The third-order valence-corrected chi connectivity index (χ3v) is 13.3. The number of alkyl halides is 1. The van der Waals surface area contributed by atoms with E-state index in [-0.39, 0.29) is 16.4 Å². The van der Waals surface area contributed by atoms with Crippen LogP contribution in [0.4, 0.5) is 0 Å². The van der Waals surface area contributed by atoms with Crippen molar-refractivity contribution >= 4 is 28.5 Å².